The lowest BCUT2D eigenvalue weighted by Crippen LogP contribution is -2.62. The summed E-state index contributed by atoms with van der Waals surface area (Å²) in [6.45, 7) is 4.68. The molecule has 0 spiro atoms. The Labute approximate surface area is 153 Å². The average molecular weight is 361 g/mol. The Morgan fingerprint density at radius 2 is 2.00 bits per heavy atom. The highest BCUT2D eigenvalue weighted by atomic mass is 16.4. The number of piperazine rings is 1. The van der Waals surface area contributed by atoms with E-state index < -0.39 is 12.0 Å². The maximum Gasteiger partial charge on any atom is 0.318 e. The van der Waals surface area contributed by atoms with Crippen molar-refractivity contribution in [1.82, 2.24) is 15.5 Å². The summed E-state index contributed by atoms with van der Waals surface area (Å²) in [6, 6.07) is 8.50. The molecule has 1 heterocycles. The van der Waals surface area contributed by atoms with Crippen LogP contribution in [0.15, 0.2) is 30.3 Å². The summed E-state index contributed by atoms with van der Waals surface area (Å²) in [5.41, 5.74) is 1.03. The molecule has 2 unspecified atom stereocenters. The molecule has 1 aliphatic rings. The van der Waals surface area contributed by atoms with Crippen LogP contribution in [0.3, 0.4) is 0 Å². The van der Waals surface area contributed by atoms with Crippen molar-refractivity contribution in [3.63, 3.8) is 0 Å². The summed E-state index contributed by atoms with van der Waals surface area (Å²) >= 11 is 0. The van der Waals surface area contributed by atoms with E-state index in [1.165, 1.54) is 0 Å². The van der Waals surface area contributed by atoms with Gasteiger partial charge in [-0.25, -0.2) is 4.79 Å². The van der Waals surface area contributed by atoms with E-state index in [-0.39, 0.29) is 30.3 Å². The Kier molecular flexibility index (Phi) is 7.00. The quantitative estimate of drug-likeness (QED) is 0.687. The van der Waals surface area contributed by atoms with E-state index in [1.54, 1.807) is 4.90 Å². The van der Waals surface area contributed by atoms with Gasteiger partial charge in [0, 0.05) is 25.6 Å². The van der Waals surface area contributed by atoms with Crippen LogP contribution in [0.4, 0.5) is 4.79 Å². The van der Waals surface area contributed by atoms with E-state index >= 15 is 0 Å². The number of carbonyl (C=O) groups excluding carboxylic acids is 2. The van der Waals surface area contributed by atoms with Gasteiger partial charge in [0.05, 0.1) is 0 Å². The molecule has 1 aromatic carbocycles. The standard InChI is InChI=1S/C19H27N3O4/c1-13(2)17-18(25)20-10-11-22(17)19(26)21-15(8-9-16(23)24)12-14-6-4-3-5-7-14/h3-7,13,15,17H,8-12H2,1-2H3,(H,20,25)(H,21,26)(H,23,24). The number of aliphatic carboxylic acids is 1. The highest BCUT2D eigenvalue weighted by Crippen LogP contribution is 2.15. The number of nitrogens with zero attached hydrogens (tertiary/aromatic N) is 1. The molecule has 1 aliphatic heterocycles. The molecule has 26 heavy (non-hydrogen) atoms. The van der Waals surface area contributed by atoms with Crippen LogP contribution in [0.5, 0.6) is 0 Å². The molecule has 0 aromatic heterocycles. The van der Waals surface area contributed by atoms with Crippen LogP contribution in [0.25, 0.3) is 0 Å². The van der Waals surface area contributed by atoms with Crippen LogP contribution < -0.4 is 10.6 Å². The first-order valence-electron chi connectivity index (χ1n) is 8.99. The summed E-state index contributed by atoms with van der Waals surface area (Å²) in [7, 11) is 0. The molecule has 2 rings (SSSR count). The third-order valence-corrected chi connectivity index (χ3v) is 4.51. The van der Waals surface area contributed by atoms with Crippen LogP contribution in [0, 0.1) is 5.92 Å². The van der Waals surface area contributed by atoms with Gasteiger partial charge in [-0.1, -0.05) is 44.2 Å². The van der Waals surface area contributed by atoms with Gasteiger partial charge in [-0.05, 0) is 24.3 Å². The highest BCUT2D eigenvalue weighted by Gasteiger charge is 2.35. The van der Waals surface area contributed by atoms with Crippen molar-refractivity contribution in [2.24, 2.45) is 5.92 Å². The van der Waals surface area contributed by atoms with E-state index in [9.17, 15) is 14.4 Å². The second kappa shape index (κ2) is 9.22. The van der Waals surface area contributed by atoms with Gasteiger partial charge in [0.15, 0.2) is 0 Å². The molecule has 0 bridgehead atoms. The lowest BCUT2D eigenvalue weighted by Gasteiger charge is -2.38. The average Bonchev–Trinajstić information content (AvgIpc) is 2.59. The van der Waals surface area contributed by atoms with Gasteiger partial charge in [-0.3, -0.25) is 9.59 Å². The van der Waals surface area contributed by atoms with Crippen molar-refractivity contribution < 1.29 is 19.5 Å². The number of hydrogen-bond acceptors (Lipinski definition) is 3. The Hall–Kier alpha value is -2.57. The molecule has 3 N–H and O–H groups in total. The van der Waals surface area contributed by atoms with E-state index in [0.717, 1.165) is 5.56 Å². The lowest BCUT2D eigenvalue weighted by atomic mass is 9.99. The number of carboxylic acids is 1. The minimum Gasteiger partial charge on any atom is -0.481 e. The summed E-state index contributed by atoms with van der Waals surface area (Å²) in [6.07, 6.45) is 0.862. The van der Waals surface area contributed by atoms with Gasteiger partial charge in [-0.15, -0.1) is 0 Å². The van der Waals surface area contributed by atoms with Gasteiger partial charge < -0.3 is 20.6 Å². The number of hydrogen-bond donors (Lipinski definition) is 3. The first-order chi connectivity index (χ1) is 12.4. The fourth-order valence-electron chi connectivity index (χ4n) is 3.25. The molecule has 0 aliphatic carbocycles. The predicted molar refractivity (Wildman–Crippen MR) is 97.7 cm³/mol. The first-order valence-corrected chi connectivity index (χ1v) is 8.99. The van der Waals surface area contributed by atoms with E-state index in [4.69, 9.17) is 5.11 Å². The Bertz CT molecular complexity index is 633. The molecule has 1 aromatic rings. The zero-order valence-corrected chi connectivity index (χ0v) is 15.3. The van der Waals surface area contributed by atoms with Crippen LogP contribution in [0.1, 0.15) is 32.3 Å². The van der Waals surface area contributed by atoms with Crippen molar-refractivity contribution in [2.75, 3.05) is 13.1 Å². The van der Waals surface area contributed by atoms with Crippen LogP contribution in [0.2, 0.25) is 0 Å². The molecule has 2 atom stereocenters. The zero-order chi connectivity index (χ0) is 19.1. The molecular formula is C19H27N3O4. The molecule has 3 amide bonds. The van der Waals surface area contributed by atoms with Crippen LogP contribution in [-0.2, 0) is 16.0 Å². The summed E-state index contributed by atoms with van der Waals surface area (Å²) in [4.78, 5) is 37.4. The summed E-state index contributed by atoms with van der Waals surface area (Å²) in [5, 5.41) is 14.7. The molecular weight excluding hydrogens is 334 g/mol. The SMILES string of the molecule is CC(C)C1C(=O)NCCN1C(=O)NC(CCC(=O)O)Cc1ccccc1. The van der Waals surface area contributed by atoms with Gasteiger partial charge in [0.2, 0.25) is 5.91 Å². The summed E-state index contributed by atoms with van der Waals surface area (Å²) < 4.78 is 0. The largest absolute Gasteiger partial charge is 0.481 e. The number of carbonyl (C=O) groups is 3. The Morgan fingerprint density at radius 3 is 2.62 bits per heavy atom. The maximum atomic E-state index is 12.8. The van der Waals surface area contributed by atoms with Crippen LogP contribution in [-0.4, -0.2) is 53.1 Å². The number of urea groups is 1. The molecule has 1 fully saturated rings. The molecule has 7 nitrogen and oxygen atoms in total. The maximum absolute atomic E-state index is 12.8. The number of rotatable bonds is 7. The number of nitrogens with one attached hydrogen (secondary N) is 2. The lowest BCUT2D eigenvalue weighted by molar-refractivity contribution is -0.137. The van der Waals surface area contributed by atoms with E-state index in [0.29, 0.717) is 25.9 Å². The fourth-order valence-corrected chi connectivity index (χ4v) is 3.25. The third-order valence-electron chi connectivity index (χ3n) is 4.51. The smallest absolute Gasteiger partial charge is 0.318 e. The molecule has 142 valence electrons. The van der Waals surface area contributed by atoms with Gasteiger partial charge in [0.1, 0.15) is 6.04 Å². The zero-order valence-electron chi connectivity index (χ0n) is 15.3. The van der Waals surface area contributed by atoms with E-state index in [1.807, 2.05) is 44.2 Å². The minimum atomic E-state index is -0.894. The molecule has 1 saturated heterocycles. The first kappa shape index (κ1) is 19.8. The molecule has 7 heteroatoms. The van der Waals surface area contributed by atoms with E-state index in [2.05, 4.69) is 10.6 Å². The van der Waals surface area contributed by atoms with Crippen LogP contribution >= 0.6 is 0 Å². The second-order valence-corrected chi connectivity index (χ2v) is 6.94. The van der Waals surface area contributed by atoms with Crippen molar-refractivity contribution in [3.8, 4) is 0 Å². The van der Waals surface area contributed by atoms with Gasteiger partial charge in [-0.2, -0.15) is 0 Å². The van der Waals surface area contributed by atoms with Gasteiger partial charge >= 0.3 is 12.0 Å². The molecule has 0 radical (unpaired) electrons. The highest BCUT2D eigenvalue weighted by molar-refractivity contribution is 5.88. The topological polar surface area (TPSA) is 98.7 Å². The number of benzene rings is 1. The van der Waals surface area contributed by atoms with Crippen molar-refractivity contribution in [2.45, 2.75) is 45.2 Å². The van der Waals surface area contributed by atoms with Crippen molar-refractivity contribution in [3.05, 3.63) is 35.9 Å². The van der Waals surface area contributed by atoms with Crippen molar-refractivity contribution in [1.29, 1.82) is 0 Å². The summed E-state index contributed by atoms with van der Waals surface area (Å²) in [5.74, 6) is -1.05. The van der Waals surface area contributed by atoms with Crippen molar-refractivity contribution >= 4 is 17.9 Å². The fraction of sp³-hybridized carbons (Fsp3) is 0.526. The number of amides is 3. The minimum absolute atomic E-state index is 0.00681. The predicted octanol–water partition coefficient (Wildman–Crippen LogP) is 1.63. The Morgan fingerprint density at radius 1 is 1.31 bits per heavy atom. The Balaban J connectivity index is 2.08. The third kappa shape index (κ3) is 5.47. The number of carboxylic acid groups (broad SMARTS) is 1. The monoisotopic (exact) mass is 361 g/mol. The van der Waals surface area contributed by atoms with Gasteiger partial charge in [0.25, 0.3) is 0 Å². The second-order valence-electron chi connectivity index (χ2n) is 6.94. The normalized spacial score (nSPS) is 18.3. The molecule has 0 saturated carbocycles.